The van der Waals surface area contributed by atoms with Crippen LogP contribution >= 0.6 is 0 Å². The zero-order valence-electron chi connectivity index (χ0n) is 7.35. The lowest BCUT2D eigenvalue weighted by Gasteiger charge is -1.92. The van der Waals surface area contributed by atoms with E-state index in [0.717, 1.165) is 5.56 Å². The predicted molar refractivity (Wildman–Crippen MR) is 50.1 cm³/mol. The quantitative estimate of drug-likeness (QED) is 0.509. The molecule has 1 aromatic rings. The van der Waals surface area contributed by atoms with Crippen LogP contribution in [0.4, 0.5) is 0 Å². The first-order chi connectivity index (χ1) is 6.43. The molecule has 3 heteroatoms. The number of hydrogen-bond donors (Lipinski definition) is 0. The van der Waals surface area contributed by atoms with Crippen molar-refractivity contribution in [3.05, 3.63) is 35.9 Å². The lowest BCUT2D eigenvalue weighted by atomic mass is 10.2. The fraction of sp³-hybridized carbons (Fsp3) is 0.300. The van der Waals surface area contributed by atoms with Gasteiger partial charge in [0.05, 0.1) is 25.6 Å². The van der Waals surface area contributed by atoms with Crippen LogP contribution in [0.3, 0.4) is 0 Å². The van der Waals surface area contributed by atoms with Gasteiger partial charge >= 0.3 is 0 Å². The Morgan fingerprint density at radius 2 is 1.92 bits per heavy atom. The van der Waals surface area contributed by atoms with Crippen molar-refractivity contribution in [1.29, 1.82) is 5.26 Å². The maximum Gasteiger partial charge on any atom is 0.0849 e. The van der Waals surface area contributed by atoms with E-state index in [1.165, 1.54) is 0 Å². The summed E-state index contributed by atoms with van der Waals surface area (Å²) < 4.78 is 0. The standard InChI is InChI=1S/C10H11N3/c11-7-4-8-12-13-9-10-5-2-1-3-6-10/h1-3,5-6H,4,8-9H2. The Morgan fingerprint density at radius 3 is 2.62 bits per heavy atom. The van der Waals surface area contributed by atoms with Crippen molar-refractivity contribution < 1.29 is 0 Å². The van der Waals surface area contributed by atoms with Gasteiger partial charge in [0.15, 0.2) is 0 Å². The zero-order chi connectivity index (χ0) is 9.36. The van der Waals surface area contributed by atoms with Gasteiger partial charge in [-0.15, -0.1) is 0 Å². The summed E-state index contributed by atoms with van der Waals surface area (Å²) in [7, 11) is 0. The van der Waals surface area contributed by atoms with E-state index in [9.17, 15) is 0 Å². The molecule has 0 aliphatic rings. The second-order valence-corrected chi connectivity index (χ2v) is 2.56. The molecule has 0 spiro atoms. The smallest absolute Gasteiger partial charge is 0.0849 e. The second-order valence-electron chi connectivity index (χ2n) is 2.56. The van der Waals surface area contributed by atoms with Gasteiger partial charge in [0, 0.05) is 0 Å². The Morgan fingerprint density at radius 1 is 1.15 bits per heavy atom. The van der Waals surface area contributed by atoms with Crippen molar-refractivity contribution in [2.24, 2.45) is 10.2 Å². The summed E-state index contributed by atoms with van der Waals surface area (Å²) in [6.45, 7) is 1.11. The third-order valence-corrected chi connectivity index (χ3v) is 1.52. The Kier molecular flexibility index (Phi) is 4.26. The van der Waals surface area contributed by atoms with Gasteiger partial charge in [-0.05, 0) is 5.56 Å². The van der Waals surface area contributed by atoms with Gasteiger partial charge in [0.25, 0.3) is 0 Å². The molecule has 0 fully saturated rings. The fourth-order valence-corrected chi connectivity index (χ4v) is 0.886. The number of nitrogens with zero attached hydrogens (tertiary/aromatic N) is 3. The SMILES string of the molecule is N#CCCN=NCc1ccccc1. The van der Waals surface area contributed by atoms with E-state index in [1.807, 2.05) is 36.4 Å². The lowest BCUT2D eigenvalue weighted by Crippen LogP contribution is -1.80. The largest absolute Gasteiger partial charge is 0.198 e. The molecule has 1 aromatic carbocycles. The second kappa shape index (κ2) is 5.90. The van der Waals surface area contributed by atoms with Gasteiger partial charge in [-0.25, -0.2) is 0 Å². The van der Waals surface area contributed by atoms with Crippen molar-refractivity contribution in [1.82, 2.24) is 0 Å². The highest BCUT2D eigenvalue weighted by molar-refractivity contribution is 5.14. The number of hydrogen-bond acceptors (Lipinski definition) is 3. The lowest BCUT2D eigenvalue weighted by molar-refractivity contribution is 0.846. The molecule has 0 radical (unpaired) electrons. The van der Waals surface area contributed by atoms with Crippen LogP contribution < -0.4 is 0 Å². The first kappa shape index (κ1) is 9.40. The summed E-state index contributed by atoms with van der Waals surface area (Å²) in [5.74, 6) is 0. The Labute approximate surface area is 77.7 Å². The molecule has 0 saturated carbocycles. The van der Waals surface area contributed by atoms with Crippen LogP contribution in [0.5, 0.6) is 0 Å². The Bertz CT molecular complexity index is 298. The Balaban J connectivity index is 2.28. The van der Waals surface area contributed by atoms with Crippen LogP contribution in [0.15, 0.2) is 40.6 Å². The monoisotopic (exact) mass is 173 g/mol. The van der Waals surface area contributed by atoms with E-state index in [-0.39, 0.29) is 0 Å². The van der Waals surface area contributed by atoms with E-state index >= 15 is 0 Å². The molecule has 66 valence electrons. The van der Waals surface area contributed by atoms with Gasteiger partial charge in [-0.1, -0.05) is 30.3 Å². The molecule has 1 rings (SSSR count). The first-order valence-corrected chi connectivity index (χ1v) is 4.17. The predicted octanol–water partition coefficient (Wildman–Crippen LogP) is 2.55. The van der Waals surface area contributed by atoms with Crippen molar-refractivity contribution in [3.63, 3.8) is 0 Å². The molecular weight excluding hydrogens is 162 g/mol. The number of rotatable bonds is 4. The summed E-state index contributed by atoms with van der Waals surface area (Å²) in [4.78, 5) is 0. The first-order valence-electron chi connectivity index (χ1n) is 4.17. The van der Waals surface area contributed by atoms with E-state index in [4.69, 9.17) is 5.26 Å². The topological polar surface area (TPSA) is 48.5 Å². The molecule has 0 amide bonds. The van der Waals surface area contributed by atoms with Gasteiger partial charge in [0.1, 0.15) is 0 Å². The van der Waals surface area contributed by atoms with Crippen molar-refractivity contribution >= 4 is 0 Å². The molecule has 0 saturated heterocycles. The maximum absolute atomic E-state index is 8.23. The molecule has 0 aromatic heterocycles. The highest BCUT2D eigenvalue weighted by Gasteiger charge is 1.86. The molecule has 0 bridgehead atoms. The minimum atomic E-state index is 0.443. The molecule has 3 nitrogen and oxygen atoms in total. The fourth-order valence-electron chi connectivity index (χ4n) is 0.886. The number of azo groups is 1. The summed E-state index contributed by atoms with van der Waals surface area (Å²) >= 11 is 0. The molecule has 0 unspecified atom stereocenters. The van der Waals surface area contributed by atoms with Gasteiger partial charge in [-0.3, -0.25) is 0 Å². The summed E-state index contributed by atoms with van der Waals surface area (Å²) in [6, 6.07) is 11.9. The van der Waals surface area contributed by atoms with Crippen molar-refractivity contribution in [3.8, 4) is 6.07 Å². The summed E-state index contributed by atoms with van der Waals surface area (Å²) in [5, 5.41) is 16.0. The Hall–Kier alpha value is -1.69. The third kappa shape index (κ3) is 4.02. The highest BCUT2D eigenvalue weighted by atomic mass is 15.1. The van der Waals surface area contributed by atoms with Gasteiger partial charge in [-0.2, -0.15) is 15.5 Å². The normalized spacial score (nSPS) is 10.1. The minimum Gasteiger partial charge on any atom is -0.198 e. The van der Waals surface area contributed by atoms with Gasteiger partial charge in [0.2, 0.25) is 0 Å². The number of benzene rings is 1. The molecular formula is C10H11N3. The number of nitriles is 1. The average molecular weight is 173 g/mol. The molecule has 0 N–H and O–H groups in total. The van der Waals surface area contributed by atoms with Crippen LogP contribution in [0.2, 0.25) is 0 Å². The van der Waals surface area contributed by atoms with E-state index in [0.29, 0.717) is 19.5 Å². The molecule has 13 heavy (non-hydrogen) atoms. The van der Waals surface area contributed by atoms with Crippen LogP contribution in [-0.4, -0.2) is 6.54 Å². The minimum absolute atomic E-state index is 0.443. The molecule has 0 aliphatic carbocycles. The van der Waals surface area contributed by atoms with Crippen molar-refractivity contribution in [2.45, 2.75) is 13.0 Å². The van der Waals surface area contributed by atoms with Crippen LogP contribution in [0.25, 0.3) is 0 Å². The van der Waals surface area contributed by atoms with Crippen LogP contribution in [-0.2, 0) is 6.54 Å². The van der Waals surface area contributed by atoms with E-state index in [2.05, 4.69) is 10.2 Å². The van der Waals surface area contributed by atoms with Crippen molar-refractivity contribution in [2.75, 3.05) is 6.54 Å². The van der Waals surface area contributed by atoms with Crippen LogP contribution in [0.1, 0.15) is 12.0 Å². The van der Waals surface area contributed by atoms with E-state index < -0.39 is 0 Å². The molecule has 0 atom stereocenters. The average Bonchev–Trinajstić information content (AvgIpc) is 2.19. The van der Waals surface area contributed by atoms with Gasteiger partial charge < -0.3 is 0 Å². The summed E-state index contributed by atoms with van der Waals surface area (Å²) in [6.07, 6.45) is 0.443. The highest BCUT2D eigenvalue weighted by Crippen LogP contribution is 2.00. The summed E-state index contributed by atoms with van der Waals surface area (Å²) in [5.41, 5.74) is 1.14. The zero-order valence-corrected chi connectivity index (χ0v) is 7.35. The molecule has 0 aliphatic heterocycles. The third-order valence-electron chi connectivity index (χ3n) is 1.52. The maximum atomic E-state index is 8.23. The molecule has 0 heterocycles. The van der Waals surface area contributed by atoms with Crippen LogP contribution in [0, 0.1) is 11.3 Å². The van der Waals surface area contributed by atoms with E-state index in [1.54, 1.807) is 0 Å².